The summed E-state index contributed by atoms with van der Waals surface area (Å²) in [5.41, 5.74) is 0. The van der Waals surface area contributed by atoms with E-state index in [9.17, 15) is 9.59 Å². The lowest BCUT2D eigenvalue weighted by atomic mass is 9.98. The van der Waals surface area contributed by atoms with Gasteiger partial charge in [-0.25, -0.2) is 4.98 Å². The second kappa shape index (κ2) is 10.0. The largest absolute Gasteiger partial charge is 0.462 e. The maximum atomic E-state index is 12.5. The van der Waals surface area contributed by atoms with E-state index in [1.807, 2.05) is 15.7 Å². The number of likely N-dealkylation sites (N-methyl/N-ethyl adjacent to an activating group) is 1. The van der Waals surface area contributed by atoms with Crippen LogP contribution in [0.4, 0.5) is 0 Å². The Hall–Kier alpha value is -1.89. The van der Waals surface area contributed by atoms with Crippen LogP contribution in [0.25, 0.3) is 0 Å². The molecule has 1 aromatic rings. The summed E-state index contributed by atoms with van der Waals surface area (Å²) in [5.74, 6) is 0.923. The highest BCUT2D eigenvalue weighted by atomic mass is 16.5. The summed E-state index contributed by atoms with van der Waals surface area (Å²) in [4.78, 5) is 33.2. The number of rotatable bonds is 8. The Labute approximate surface area is 168 Å². The summed E-state index contributed by atoms with van der Waals surface area (Å²) in [5, 5.41) is 0. The fraction of sp³-hybridized carbons (Fsp3) is 0.762. The molecule has 0 radical (unpaired) electrons. The van der Waals surface area contributed by atoms with Crippen molar-refractivity contribution in [2.45, 2.75) is 76.5 Å². The minimum Gasteiger partial charge on any atom is -0.462 e. The number of aromatic nitrogens is 2. The third-order valence-electron chi connectivity index (χ3n) is 6.02. The number of nitrogens with zero attached hydrogens (tertiary/aromatic N) is 4. The van der Waals surface area contributed by atoms with Crippen LogP contribution >= 0.6 is 0 Å². The van der Waals surface area contributed by atoms with E-state index >= 15 is 0 Å². The van der Waals surface area contributed by atoms with Gasteiger partial charge in [0.25, 0.3) is 0 Å². The highest BCUT2D eigenvalue weighted by molar-refractivity contribution is 5.76. The topological polar surface area (TPSA) is 67.7 Å². The van der Waals surface area contributed by atoms with Crippen molar-refractivity contribution in [2.75, 3.05) is 27.2 Å². The van der Waals surface area contributed by atoms with Gasteiger partial charge in [0, 0.05) is 50.9 Å². The standard InChI is InChI=1S/C21H34N4O3/c1-23(2)17-10-13-25(16-17)20(26)9-8-19-22-12-15-24(19)14-11-21(27)28-18-6-4-3-5-7-18/h12,15,17-18H,3-11,13-14,16H2,1-2H3/t17-/m0/s1. The van der Waals surface area contributed by atoms with Gasteiger partial charge in [-0.3, -0.25) is 9.59 Å². The molecule has 2 aliphatic rings. The number of aryl methyl sites for hydroxylation is 2. The molecule has 0 N–H and O–H groups in total. The van der Waals surface area contributed by atoms with Crippen LogP contribution in [0.5, 0.6) is 0 Å². The molecule has 1 aromatic heterocycles. The lowest BCUT2D eigenvalue weighted by Crippen LogP contribution is -2.34. The molecule has 1 atom stereocenters. The van der Waals surface area contributed by atoms with Crippen molar-refractivity contribution >= 4 is 11.9 Å². The quantitative estimate of drug-likeness (QED) is 0.637. The first-order valence-corrected chi connectivity index (χ1v) is 10.7. The van der Waals surface area contributed by atoms with Gasteiger partial charge in [-0.05, 0) is 46.2 Å². The summed E-state index contributed by atoms with van der Waals surface area (Å²) in [6, 6.07) is 0.459. The molecule has 0 unspecified atom stereocenters. The number of carbonyl (C=O) groups excluding carboxylic acids is 2. The van der Waals surface area contributed by atoms with Gasteiger partial charge >= 0.3 is 5.97 Å². The van der Waals surface area contributed by atoms with Crippen LogP contribution in [0.2, 0.25) is 0 Å². The van der Waals surface area contributed by atoms with E-state index in [0.717, 1.165) is 51.0 Å². The molecule has 28 heavy (non-hydrogen) atoms. The van der Waals surface area contributed by atoms with Gasteiger partial charge < -0.3 is 19.1 Å². The number of carbonyl (C=O) groups is 2. The SMILES string of the molecule is CN(C)[C@H]1CCN(C(=O)CCc2nccn2CCC(=O)OC2CCCCC2)C1. The monoisotopic (exact) mass is 390 g/mol. The molecule has 0 spiro atoms. The van der Waals surface area contributed by atoms with Crippen molar-refractivity contribution in [3.05, 3.63) is 18.2 Å². The first kappa shape index (κ1) is 20.8. The van der Waals surface area contributed by atoms with Gasteiger partial charge in [-0.15, -0.1) is 0 Å². The summed E-state index contributed by atoms with van der Waals surface area (Å²) in [6.45, 7) is 2.21. The van der Waals surface area contributed by atoms with Crippen LogP contribution in [0.15, 0.2) is 12.4 Å². The van der Waals surface area contributed by atoms with Gasteiger partial charge in [0.05, 0.1) is 6.42 Å². The van der Waals surface area contributed by atoms with E-state index in [2.05, 4.69) is 24.0 Å². The van der Waals surface area contributed by atoms with E-state index < -0.39 is 0 Å². The molecule has 0 aromatic carbocycles. The Morgan fingerprint density at radius 3 is 2.68 bits per heavy atom. The first-order valence-electron chi connectivity index (χ1n) is 10.7. The molecule has 1 saturated heterocycles. The molecular formula is C21H34N4O3. The smallest absolute Gasteiger partial charge is 0.307 e. The van der Waals surface area contributed by atoms with Crippen LogP contribution in [0.3, 0.4) is 0 Å². The molecule has 3 rings (SSSR count). The molecular weight excluding hydrogens is 356 g/mol. The Bertz CT molecular complexity index is 652. The zero-order chi connectivity index (χ0) is 19.9. The van der Waals surface area contributed by atoms with Gasteiger partial charge in [0.15, 0.2) is 0 Å². The summed E-state index contributed by atoms with van der Waals surface area (Å²) < 4.78 is 7.56. The minimum atomic E-state index is -0.130. The Kier molecular flexibility index (Phi) is 7.48. The van der Waals surface area contributed by atoms with Crippen molar-refractivity contribution in [3.8, 4) is 0 Å². The Balaban J connectivity index is 1.41. The summed E-state index contributed by atoms with van der Waals surface area (Å²) in [6.07, 6.45) is 11.7. The molecule has 7 nitrogen and oxygen atoms in total. The van der Waals surface area contributed by atoms with E-state index in [1.54, 1.807) is 6.20 Å². The first-order chi connectivity index (χ1) is 13.5. The zero-order valence-corrected chi connectivity index (χ0v) is 17.3. The van der Waals surface area contributed by atoms with Gasteiger partial charge in [0.2, 0.25) is 5.91 Å². The number of hydrogen-bond acceptors (Lipinski definition) is 5. The molecule has 1 aliphatic heterocycles. The molecule has 1 amide bonds. The normalized spacial score (nSPS) is 20.7. The second-order valence-electron chi connectivity index (χ2n) is 8.28. The van der Waals surface area contributed by atoms with Crippen molar-refractivity contribution in [3.63, 3.8) is 0 Å². The van der Waals surface area contributed by atoms with Crippen molar-refractivity contribution in [1.82, 2.24) is 19.4 Å². The van der Waals surface area contributed by atoms with Crippen LogP contribution in [-0.2, 0) is 27.3 Å². The average Bonchev–Trinajstić information content (AvgIpc) is 3.35. The molecule has 7 heteroatoms. The van der Waals surface area contributed by atoms with Crippen LogP contribution in [0.1, 0.15) is 57.2 Å². The third kappa shape index (κ3) is 5.80. The molecule has 2 heterocycles. The molecule has 0 bridgehead atoms. The molecule has 2 fully saturated rings. The number of imidazole rings is 1. The van der Waals surface area contributed by atoms with E-state index in [0.29, 0.717) is 31.8 Å². The van der Waals surface area contributed by atoms with Gasteiger partial charge in [0.1, 0.15) is 11.9 Å². The van der Waals surface area contributed by atoms with Crippen LogP contribution in [-0.4, -0.2) is 70.6 Å². The van der Waals surface area contributed by atoms with Crippen molar-refractivity contribution in [2.24, 2.45) is 0 Å². The fourth-order valence-corrected chi connectivity index (χ4v) is 4.18. The Morgan fingerprint density at radius 1 is 1.18 bits per heavy atom. The number of amides is 1. The Morgan fingerprint density at radius 2 is 1.96 bits per heavy atom. The third-order valence-corrected chi connectivity index (χ3v) is 6.02. The number of hydrogen-bond donors (Lipinski definition) is 0. The number of likely N-dealkylation sites (tertiary alicyclic amines) is 1. The van der Waals surface area contributed by atoms with Crippen molar-refractivity contribution < 1.29 is 14.3 Å². The van der Waals surface area contributed by atoms with E-state index in [1.165, 1.54) is 6.42 Å². The van der Waals surface area contributed by atoms with Gasteiger partial charge in [-0.1, -0.05) is 6.42 Å². The average molecular weight is 391 g/mol. The van der Waals surface area contributed by atoms with E-state index in [-0.39, 0.29) is 18.0 Å². The van der Waals surface area contributed by atoms with Gasteiger partial charge in [-0.2, -0.15) is 0 Å². The lowest BCUT2D eigenvalue weighted by molar-refractivity contribution is -0.150. The predicted molar refractivity (Wildman–Crippen MR) is 107 cm³/mol. The fourth-order valence-electron chi connectivity index (χ4n) is 4.18. The second-order valence-corrected chi connectivity index (χ2v) is 8.28. The van der Waals surface area contributed by atoms with Crippen LogP contribution < -0.4 is 0 Å². The zero-order valence-electron chi connectivity index (χ0n) is 17.3. The highest BCUT2D eigenvalue weighted by Gasteiger charge is 2.27. The predicted octanol–water partition coefficient (Wildman–Crippen LogP) is 2.24. The number of esters is 1. The summed E-state index contributed by atoms with van der Waals surface area (Å²) in [7, 11) is 4.13. The summed E-state index contributed by atoms with van der Waals surface area (Å²) >= 11 is 0. The number of ether oxygens (including phenoxy) is 1. The van der Waals surface area contributed by atoms with E-state index in [4.69, 9.17) is 4.74 Å². The maximum absolute atomic E-state index is 12.5. The maximum Gasteiger partial charge on any atom is 0.307 e. The molecule has 1 aliphatic carbocycles. The lowest BCUT2D eigenvalue weighted by Gasteiger charge is -2.22. The molecule has 1 saturated carbocycles. The van der Waals surface area contributed by atoms with Crippen LogP contribution in [0, 0.1) is 0 Å². The molecule has 156 valence electrons. The highest BCUT2D eigenvalue weighted by Crippen LogP contribution is 2.21. The minimum absolute atomic E-state index is 0.104. The van der Waals surface area contributed by atoms with Crippen molar-refractivity contribution in [1.29, 1.82) is 0 Å².